The highest BCUT2D eigenvalue weighted by Gasteiger charge is 2.16. The molecule has 0 radical (unpaired) electrons. The van der Waals surface area contributed by atoms with Gasteiger partial charge in [0.05, 0.1) is 11.2 Å². The number of Topliss-reactive ketones (excluding diaryl/α,β-unsaturated/α-hetero) is 1. The zero-order valence-electron chi connectivity index (χ0n) is 14.1. The molecule has 0 amide bonds. The fraction of sp³-hybridized carbons (Fsp3) is 0. The van der Waals surface area contributed by atoms with Crippen LogP contribution in [0.15, 0.2) is 83.0 Å². The summed E-state index contributed by atoms with van der Waals surface area (Å²) in [4.78, 5) is 12.8. The second kappa shape index (κ2) is 8.29. The number of phenolic OH excluding ortho intramolecular Hbond substituents is 2. The van der Waals surface area contributed by atoms with Crippen LogP contribution in [0.4, 0.5) is 0 Å². The van der Waals surface area contributed by atoms with E-state index in [0.29, 0.717) is 16.7 Å². The molecule has 134 valence electrons. The van der Waals surface area contributed by atoms with Crippen molar-refractivity contribution in [2.45, 2.75) is 0 Å². The highest BCUT2D eigenvalue weighted by molar-refractivity contribution is 6.51. The number of halogens is 1. The van der Waals surface area contributed by atoms with E-state index in [9.17, 15) is 15.0 Å². The second-order valence-corrected chi connectivity index (χ2v) is 6.03. The summed E-state index contributed by atoms with van der Waals surface area (Å²) in [5, 5.41) is 27.2. The molecule has 2 N–H and O–H groups in total. The number of benzene rings is 3. The Kier molecular flexibility index (Phi) is 5.64. The fourth-order valence-corrected chi connectivity index (χ4v) is 2.61. The van der Waals surface area contributed by atoms with Crippen LogP contribution >= 0.6 is 11.6 Å². The maximum Gasteiger partial charge on any atom is 0.213 e. The fourth-order valence-electron chi connectivity index (χ4n) is 2.39. The Bertz CT molecular complexity index is 993. The van der Waals surface area contributed by atoms with Gasteiger partial charge >= 0.3 is 0 Å². The predicted octanol–water partition coefficient (Wildman–Crippen LogP) is 4.46. The summed E-state index contributed by atoms with van der Waals surface area (Å²) in [5.74, 6) is -1.02. The van der Waals surface area contributed by atoms with Crippen molar-refractivity contribution in [1.82, 2.24) is 0 Å². The molecule has 0 aliphatic carbocycles. The molecule has 27 heavy (non-hydrogen) atoms. The number of hydrogen-bond donors (Lipinski definition) is 2. The molecule has 0 atom stereocenters. The Morgan fingerprint density at radius 1 is 0.889 bits per heavy atom. The van der Waals surface area contributed by atoms with Gasteiger partial charge in [0.2, 0.25) is 5.78 Å². The van der Waals surface area contributed by atoms with Crippen LogP contribution in [0.5, 0.6) is 11.5 Å². The Balaban J connectivity index is 1.97. The average molecular weight is 379 g/mol. The van der Waals surface area contributed by atoms with Crippen LogP contribution in [0.2, 0.25) is 5.02 Å². The van der Waals surface area contributed by atoms with Crippen LogP contribution in [-0.2, 0) is 0 Å². The van der Waals surface area contributed by atoms with E-state index in [1.54, 1.807) is 36.4 Å². The van der Waals surface area contributed by atoms with Gasteiger partial charge in [-0.25, -0.2) is 0 Å². The number of rotatable bonds is 5. The highest BCUT2D eigenvalue weighted by Crippen LogP contribution is 2.33. The van der Waals surface area contributed by atoms with Crippen molar-refractivity contribution >= 4 is 29.3 Å². The molecule has 0 fully saturated rings. The van der Waals surface area contributed by atoms with Gasteiger partial charge in [0.15, 0.2) is 11.5 Å². The summed E-state index contributed by atoms with van der Waals surface area (Å²) in [6.45, 7) is 0. The van der Waals surface area contributed by atoms with E-state index in [1.165, 1.54) is 18.3 Å². The molecule has 0 bridgehead atoms. The topological polar surface area (TPSA) is 82.2 Å². The van der Waals surface area contributed by atoms with Crippen molar-refractivity contribution in [1.29, 1.82) is 0 Å². The van der Waals surface area contributed by atoms with Gasteiger partial charge < -0.3 is 10.2 Å². The average Bonchev–Trinajstić information content (AvgIpc) is 2.70. The maximum atomic E-state index is 12.8. The number of nitrogens with zero attached hydrogens (tertiary/aromatic N) is 2. The molecule has 0 saturated carbocycles. The van der Waals surface area contributed by atoms with Crippen molar-refractivity contribution in [2.75, 3.05) is 0 Å². The summed E-state index contributed by atoms with van der Waals surface area (Å²) in [5.41, 5.74) is 1.75. The SMILES string of the molecule is O=C(/C(=N/N=C\c1cc(O)c(O)c(Cl)c1)c1ccccc1)c1ccccc1. The molecule has 0 spiro atoms. The van der Waals surface area contributed by atoms with Gasteiger partial charge in [-0.3, -0.25) is 4.79 Å². The van der Waals surface area contributed by atoms with E-state index < -0.39 is 5.75 Å². The van der Waals surface area contributed by atoms with Crippen LogP contribution < -0.4 is 0 Å². The number of ketones is 1. The smallest absolute Gasteiger partial charge is 0.213 e. The third-order valence-electron chi connectivity index (χ3n) is 3.73. The number of aromatic hydroxyl groups is 2. The lowest BCUT2D eigenvalue weighted by molar-refractivity contribution is 0.106. The molecular weight excluding hydrogens is 364 g/mol. The molecule has 0 heterocycles. The third-order valence-corrected chi connectivity index (χ3v) is 4.02. The lowest BCUT2D eigenvalue weighted by atomic mass is 10.0. The summed E-state index contributed by atoms with van der Waals surface area (Å²) < 4.78 is 0. The number of hydrogen-bond acceptors (Lipinski definition) is 5. The first kappa shape index (κ1) is 18.4. The van der Waals surface area contributed by atoms with Gasteiger partial charge in [-0.1, -0.05) is 72.3 Å². The van der Waals surface area contributed by atoms with E-state index in [1.807, 2.05) is 24.3 Å². The van der Waals surface area contributed by atoms with Crippen molar-refractivity contribution < 1.29 is 15.0 Å². The molecule has 0 unspecified atom stereocenters. The van der Waals surface area contributed by atoms with Crippen LogP contribution in [0.1, 0.15) is 21.5 Å². The molecule has 0 saturated heterocycles. The van der Waals surface area contributed by atoms with Crippen molar-refractivity contribution in [3.8, 4) is 11.5 Å². The zero-order chi connectivity index (χ0) is 19.2. The summed E-state index contributed by atoms with van der Waals surface area (Å²) in [7, 11) is 0. The summed E-state index contributed by atoms with van der Waals surface area (Å²) in [6.07, 6.45) is 1.34. The Hall–Kier alpha value is -3.44. The third kappa shape index (κ3) is 4.40. The first-order valence-corrected chi connectivity index (χ1v) is 8.41. The van der Waals surface area contributed by atoms with E-state index >= 15 is 0 Å². The molecule has 0 aromatic heterocycles. The van der Waals surface area contributed by atoms with Crippen LogP contribution in [0, 0.1) is 0 Å². The lowest BCUT2D eigenvalue weighted by Crippen LogP contribution is -2.15. The second-order valence-electron chi connectivity index (χ2n) is 5.62. The van der Waals surface area contributed by atoms with Crippen molar-refractivity contribution in [3.05, 3.63) is 94.5 Å². The number of carbonyl (C=O) groups excluding carboxylic acids is 1. The number of phenols is 2. The zero-order valence-corrected chi connectivity index (χ0v) is 14.8. The van der Waals surface area contributed by atoms with Gasteiger partial charge in [-0.05, 0) is 17.7 Å². The van der Waals surface area contributed by atoms with E-state index in [0.717, 1.165) is 0 Å². The largest absolute Gasteiger partial charge is 0.504 e. The molecule has 3 rings (SSSR count). The molecule has 5 nitrogen and oxygen atoms in total. The summed E-state index contributed by atoms with van der Waals surface area (Å²) in [6, 6.07) is 20.5. The molecule has 6 heteroatoms. The molecule has 0 aliphatic rings. The van der Waals surface area contributed by atoms with Gasteiger partial charge in [0.1, 0.15) is 5.71 Å². The minimum Gasteiger partial charge on any atom is -0.504 e. The number of carbonyl (C=O) groups is 1. The van der Waals surface area contributed by atoms with Gasteiger partial charge in [-0.15, -0.1) is 5.10 Å². The molecule has 3 aromatic carbocycles. The highest BCUT2D eigenvalue weighted by atomic mass is 35.5. The monoisotopic (exact) mass is 378 g/mol. The Morgan fingerprint density at radius 2 is 1.48 bits per heavy atom. The molecule has 0 aliphatic heterocycles. The van der Waals surface area contributed by atoms with E-state index in [2.05, 4.69) is 10.2 Å². The predicted molar refractivity (Wildman–Crippen MR) is 106 cm³/mol. The standard InChI is InChI=1S/C21H15ClN2O3/c22-17-11-14(12-18(25)21(17)27)13-23-24-19(15-7-3-1-4-8-15)20(26)16-9-5-2-6-10-16/h1-13,25,27H/b23-13-,24-19+. The maximum absolute atomic E-state index is 12.8. The van der Waals surface area contributed by atoms with Crippen LogP contribution in [-0.4, -0.2) is 27.9 Å². The molecular formula is C21H15ClN2O3. The first-order chi connectivity index (χ1) is 13.1. The van der Waals surface area contributed by atoms with Crippen LogP contribution in [0.25, 0.3) is 0 Å². The van der Waals surface area contributed by atoms with Crippen molar-refractivity contribution in [2.24, 2.45) is 10.2 Å². The van der Waals surface area contributed by atoms with E-state index in [4.69, 9.17) is 11.6 Å². The van der Waals surface area contributed by atoms with Crippen molar-refractivity contribution in [3.63, 3.8) is 0 Å². The Labute approximate surface area is 160 Å². The minimum atomic E-state index is -0.401. The van der Waals surface area contributed by atoms with Gasteiger partial charge in [0.25, 0.3) is 0 Å². The van der Waals surface area contributed by atoms with Crippen LogP contribution in [0.3, 0.4) is 0 Å². The lowest BCUT2D eigenvalue weighted by Gasteiger charge is -2.04. The minimum absolute atomic E-state index is 0.0101. The molecule has 3 aromatic rings. The Morgan fingerprint density at radius 3 is 2.07 bits per heavy atom. The first-order valence-electron chi connectivity index (χ1n) is 8.04. The van der Waals surface area contributed by atoms with E-state index in [-0.39, 0.29) is 22.3 Å². The normalized spacial score (nSPS) is 11.7. The quantitative estimate of drug-likeness (QED) is 0.297. The van der Waals surface area contributed by atoms with Gasteiger partial charge in [-0.2, -0.15) is 5.10 Å². The van der Waals surface area contributed by atoms with Gasteiger partial charge in [0, 0.05) is 11.1 Å². The summed E-state index contributed by atoms with van der Waals surface area (Å²) >= 11 is 5.83.